The van der Waals surface area contributed by atoms with Crippen molar-refractivity contribution in [2.45, 2.75) is 67.9 Å². The van der Waals surface area contributed by atoms with Crippen LogP contribution in [-0.4, -0.2) is 50.5 Å². The van der Waals surface area contributed by atoms with Gasteiger partial charge in [-0.1, -0.05) is 42.6 Å². The molecule has 0 radical (unpaired) electrons. The number of nitrogens with one attached hydrogen (secondary N) is 1. The van der Waals surface area contributed by atoms with E-state index in [1.54, 1.807) is 0 Å². The number of carbonyl (C=O) groups is 1. The zero-order valence-corrected chi connectivity index (χ0v) is 20.0. The van der Waals surface area contributed by atoms with Crippen molar-refractivity contribution >= 4 is 29.3 Å². The normalized spacial score (nSPS) is 17.7. The molecule has 1 N–H and O–H groups in total. The number of nitriles is 1. The molecule has 1 aliphatic rings. The lowest BCUT2D eigenvalue weighted by molar-refractivity contribution is -0.121. The summed E-state index contributed by atoms with van der Waals surface area (Å²) in [6.45, 7) is 3.89. The third-order valence-electron chi connectivity index (χ3n) is 5.83. The Labute approximate surface area is 193 Å². The zero-order valence-electron chi connectivity index (χ0n) is 18.4. The smallest absolute Gasteiger partial charge is 0.234 e. The molecule has 7 nitrogen and oxygen atoms in total. The van der Waals surface area contributed by atoms with Crippen LogP contribution in [0.25, 0.3) is 5.69 Å². The summed E-state index contributed by atoms with van der Waals surface area (Å²) in [7, 11) is 3.97. The molecule has 1 aliphatic carbocycles. The van der Waals surface area contributed by atoms with Crippen molar-refractivity contribution in [3.63, 3.8) is 0 Å². The third kappa shape index (κ3) is 5.40. The Balaban J connectivity index is 1.85. The predicted molar refractivity (Wildman–Crippen MR) is 123 cm³/mol. The minimum absolute atomic E-state index is 0.0192. The van der Waals surface area contributed by atoms with E-state index in [9.17, 15) is 10.1 Å². The van der Waals surface area contributed by atoms with Crippen LogP contribution in [0.5, 0.6) is 0 Å². The second-order valence-corrected chi connectivity index (χ2v) is 10.0. The molecule has 166 valence electrons. The van der Waals surface area contributed by atoms with Gasteiger partial charge in [0.2, 0.25) is 5.91 Å². The average molecular weight is 461 g/mol. The Hall–Kier alpha value is -2.08. The van der Waals surface area contributed by atoms with E-state index in [0.717, 1.165) is 30.8 Å². The Morgan fingerprint density at radius 1 is 1.23 bits per heavy atom. The Kier molecular flexibility index (Phi) is 7.63. The van der Waals surface area contributed by atoms with Crippen LogP contribution in [0.2, 0.25) is 5.02 Å². The molecule has 0 unspecified atom stereocenters. The Bertz CT molecular complexity index is 946. The SMILES string of the molecule is C[C@@H](Sc1nnc([C@H](C)N(C)C)n1-c1ccc(Cl)cc1)C(=O)NC1(C#N)CCCCC1. The zero-order chi connectivity index (χ0) is 22.6. The molecule has 0 saturated heterocycles. The Morgan fingerprint density at radius 3 is 2.45 bits per heavy atom. The van der Waals surface area contributed by atoms with Crippen LogP contribution in [0.1, 0.15) is 57.8 Å². The first kappa shape index (κ1) is 23.6. The molecule has 31 heavy (non-hydrogen) atoms. The second-order valence-electron chi connectivity index (χ2n) is 8.30. The maximum atomic E-state index is 13.0. The van der Waals surface area contributed by atoms with Gasteiger partial charge in [-0.2, -0.15) is 5.26 Å². The monoisotopic (exact) mass is 460 g/mol. The van der Waals surface area contributed by atoms with E-state index in [-0.39, 0.29) is 11.9 Å². The highest BCUT2D eigenvalue weighted by molar-refractivity contribution is 8.00. The number of amides is 1. The van der Waals surface area contributed by atoms with Crippen molar-refractivity contribution in [1.29, 1.82) is 5.26 Å². The van der Waals surface area contributed by atoms with Gasteiger partial charge < -0.3 is 5.32 Å². The molecule has 0 aliphatic heterocycles. The van der Waals surface area contributed by atoms with Gasteiger partial charge in [0.25, 0.3) is 0 Å². The first-order chi connectivity index (χ1) is 14.8. The van der Waals surface area contributed by atoms with Crippen molar-refractivity contribution in [2.75, 3.05) is 14.1 Å². The molecule has 2 aromatic rings. The summed E-state index contributed by atoms with van der Waals surface area (Å²) in [6, 6.07) is 9.85. The fourth-order valence-corrected chi connectivity index (χ4v) is 4.66. The van der Waals surface area contributed by atoms with Crippen LogP contribution in [0.3, 0.4) is 0 Å². The summed E-state index contributed by atoms with van der Waals surface area (Å²) in [6.07, 6.45) is 4.45. The quantitative estimate of drug-likeness (QED) is 0.617. The number of nitrogens with zero attached hydrogens (tertiary/aromatic N) is 5. The first-order valence-electron chi connectivity index (χ1n) is 10.5. The van der Waals surface area contributed by atoms with Gasteiger partial charge in [0.05, 0.1) is 17.4 Å². The molecule has 3 rings (SSSR count). The standard InChI is InChI=1S/C22H29ClN6OS/c1-15(28(3)4)19-26-27-21(29(19)18-10-8-17(23)9-11-18)31-16(2)20(30)25-22(14-24)12-6-5-7-13-22/h8-11,15-16H,5-7,12-13H2,1-4H3,(H,25,30)/t15-,16+/m0/s1. The summed E-state index contributed by atoms with van der Waals surface area (Å²) in [5.74, 6) is 0.629. The van der Waals surface area contributed by atoms with Gasteiger partial charge in [0.15, 0.2) is 11.0 Å². The summed E-state index contributed by atoms with van der Waals surface area (Å²) >= 11 is 7.42. The number of hydrogen-bond acceptors (Lipinski definition) is 6. The minimum atomic E-state index is -0.751. The van der Waals surface area contributed by atoms with E-state index in [4.69, 9.17) is 11.6 Å². The highest BCUT2D eigenvalue weighted by Crippen LogP contribution is 2.31. The van der Waals surface area contributed by atoms with E-state index in [1.165, 1.54) is 11.8 Å². The minimum Gasteiger partial charge on any atom is -0.337 e. The summed E-state index contributed by atoms with van der Waals surface area (Å²) in [5.41, 5.74) is 0.132. The van der Waals surface area contributed by atoms with Crippen molar-refractivity contribution in [3.8, 4) is 11.8 Å². The first-order valence-corrected chi connectivity index (χ1v) is 11.8. The third-order valence-corrected chi connectivity index (χ3v) is 7.12. The van der Waals surface area contributed by atoms with E-state index >= 15 is 0 Å². The molecular weight excluding hydrogens is 432 g/mol. The molecule has 1 aromatic heterocycles. The van der Waals surface area contributed by atoms with Crippen LogP contribution >= 0.6 is 23.4 Å². The predicted octanol–water partition coefficient (Wildman–Crippen LogP) is 4.37. The number of hydrogen-bond donors (Lipinski definition) is 1. The fraction of sp³-hybridized carbons (Fsp3) is 0.545. The van der Waals surface area contributed by atoms with Crippen LogP contribution in [0.15, 0.2) is 29.4 Å². The van der Waals surface area contributed by atoms with Gasteiger partial charge in [-0.25, -0.2) is 0 Å². The second kappa shape index (κ2) is 10.0. The van der Waals surface area contributed by atoms with Gasteiger partial charge in [0.1, 0.15) is 5.54 Å². The van der Waals surface area contributed by atoms with Crippen LogP contribution < -0.4 is 5.32 Å². The summed E-state index contributed by atoms with van der Waals surface area (Å²) < 4.78 is 1.97. The van der Waals surface area contributed by atoms with E-state index in [2.05, 4.69) is 33.4 Å². The van der Waals surface area contributed by atoms with Crippen molar-refractivity contribution in [2.24, 2.45) is 0 Å². The van der Waals surface area contributed by atoms with E-state index in [1.807, 2.05) is 49.9 Å². The fourth-order valence-electron chi connectivity index (χ4n) is 3.66. The molecular formula is C22H29ClN6OS. The van der Waals surface area contributed by atoms with Gasteiger partial charge in [-0.15, -0.1) is 10.2 Å². The largest absolute Gasteiger partial charge is 0.337 e. The van der Waals surface area contributed by atoms with Gasteiger partial charge >= 0.3 is 0 Å². The molecule has 0 spiro atoms. The van der Waals surface area contributed by atoms with Crippen LogP contribution in [0, 0.1) is 11.3 Å². The van der Waals surface area contributed by atoms with Crippen LogP contribution in [0.4, 0.5) is 0 Å². The molecule has 1 heterocycles. The van der Waals surface area contributed by atoms with Crippen molar-refractivity contribution in [3.05, 3.63) is 35.1 Å². The van der Waals surface area contributed by atoms with Gasteiger partial charge in [0, 0.05) is 10.7 Å². The summed E-state index contributed by atoms with van der Waals surface area (Å²) in [4.78, 5) is 15.0. The van der Waals surface area contributed by atoms with Crippen molar-refractivity contribution in [1.82, 2.24) is 25.0 Å². The summed E-state index contributed by atoms with van der Waals surface area (Å²) in [5, 5.41) is 22.4. The molecule has 9 heteroatoms. The molecule has 1 saturated carbocycles. The van der Waals surface area contributed by atoms with Gasteiger partial charge in [-0.05, 0) is 65.0 Å². The molecule has 1 aromatic carbocycles. The van der Waals surface area contributed by atoms with E-state index in [0.29, 0.717) is 23.0 Å². The number of halogens is 1. The molecule has 0 bridgehead atoms. The molecule has 1 amide bonds. The molecule has 2 atom stereocenters. The lowest BCUT2D eigenvalue weighted by Gasteiger charge is -2.32. The maximum absolute atomic E-state index is 13.0. The lowest BCUT2D eigenvalue weighted by Crippen LogP contribution is -2.51. The number of aromatic nitrogens is 3. The average Bonchev–Trinajstić information content (AvgIpc) is 3.17. The Morgan fingerprint density at radius 2 is 1.87 bits per heavy atom. The number of benzene rings is 1. The van der Waals surface area contributed by atoms with Gasteiger partial charge in [-0.3, -0.25) is 14.3 Å². The number of carbonyl (C=O) groups excluding carboxylic acids is 1. The maximum Gasteiger partial charge on any atom is 0.234 e. The topological polar surface area (TPSA) is 86.8 Å². The molecule has 1 fully saturated rings. The van der Waals surface area contributed by atoms with Crippen molar-refractivity contribution < 1.29 is 4.79 Å². The number of rotatable bonds is 7. The number of thioether (sulfide) groups is 1. The highest BCUT2D eigenvalue weighted by Gasteiger charge is 2.35. The van der Waals surface area contributed by atoms with Crippen LogP contribution in [-0.2, 0) is 4.79 Å². The lowest BCUT2D eigenvalue weighted by atomic mass is 9.83. The van der Waals surface area contributed by atoms with E-state index < -0.39 is 10.8 Å². The highest BCUT2D eigenvalue weighted by atomic mass is 35.5.